The van der Waals surface area contributed by atoms with Crippen molar-refractivity contribution in [3.05, 3.63) is 51.8 Å². The average molecular weight is 628 g/mol. The van der Waals surface area contributed by atoms with Gasteiger partial charge < -0.3 is 20.3 Å². The number of nitrogens with one attached hydrogen (secondary N) is 1. The van der Waals surface area contributed by atoms with Crippen LogP contribution in [-0.4, -0.2) is 63.1 Å². The highest BCUT2D eigenvalue weighted by molar-refractivity contribution is 7.86. The standard InChI is InChI=1S/C20H14ClN7O11S2/c1-39-20-24-18(21)23-19(25-20)22-12-7-10(40(33,34)35)4-8-5-14(41(36,37)38)16(17(30)15(8)12)27-26-11-6-9(28(31)32)2-3-13(11)29/h2-7,29-30H,1H3,(H,33,34,35)(H,36,37,38)(H,22,23,24,25). The molecule has 0 amide bonds. The van der Waals surface area contributed by atoms with E-state index < -0.39 is 63.5 Å². The molecule has 0 fully saturated rings. The predicted molar refractivity (Wildman–Crippen MR) is 139 cm³/mol. The molecular weight excluding hydrogens is 614 g/mol. The lowest BCUT2D eigenvalue weighted by atomic mass is 10.1. The van der Waals surface area contributed by atoms with E-state index in [1.165, 1.54) is 7.11 Å². The Morgan fingerprint density at radius 3 is 2.32 bits per heavy atom. The van der Waals surface area contributed by atoms with Crippen LogP contribution in [0, 0.1) is 10.1 Å². The Kier molecular flexibility index (Phi) is 7.60. The summed E-state index contributed by atoms with van der Waals surface area (Å²) in [5.74, 6) is -1.97. The van der Waals surface area contributed by atoms with Crippen molar-refractivity contribution in [1.82, 2.24) is 15.0 Å². The molecule has 21 heteroatoms. The van der Waals surface area contributed by atoms with Crippen molar-refractivity contribution in [3.8, 4) is 17.5 Å². The maximum absolute atomic E-state index is 12.2. The number of hydrogen-bond donors (Lipinski definition) is 5. The van der Waals surface area contributed by atoms with Gasteiger partial charge in [-0.1, -0.05) is 0 Å². The second-order valence-electron chi connectivity index (χ2n) is 7.76. The van der Waals surface area contributed by atoms with E-state index in [9.17, 15) is 46.3 Å². The van der Waals surface area contributed by atoms with E-state index in [0.717, 1.165) is 30.3 Å². The van der Waals surface area contributed by atoms with Gasteiger partial charge in [0.15, 0.2) is 5.75 Å². The number of rotatable bonds is 8. The number of nitro benzene ring substituents is 1. The number of nitro groups is 1. The van der Waals surface area contributed by atoms with Crippen LogP contribution < -0.4 is 10.1 Å². The smallest absolute Gasteiger partial charge is 0.322 e. The number of non-ortho nitro benzene ring substituents is 1. The fourth-order valence-electron chi connectivity index (χ4n) is 3.41. The molecule has 0 bridgehead atoms. The second kappa shape index (κ2) is 10.7. The van der Waals surface area contributed by atoms with Crippen LogP contribution in [0.2, 0.25) is 5.28 Å². The maximum atomic E-state index is 12.2. The van der Waals surface area contributed by atoms with E-state index in [0.29, 0.717) is 6.07 Å². The van der Waals surface area contributed by atoms with Gasteiger partial charge in [0, 0.05) is 17.5 Å². The number of methoxy groups -OCH3 is 1. The zero-order chi connectivity index (χ0) is 30.3. The number of halogens is 1. The summed E-state index contributed by atoms with van der Waals surface area (Å²) < 4.78 is 72.7. The van der Waals surface area contributed by atoms with Crippen molar-refractivity contribution in [1.29, 1.82) is 0 Å². The number of fused-ring (bicyclic) bond motifs is 1. The summed E-state index contributed by atoms with van der Waals surface area (Å²) in [6.07, 6.45) is 0. The molecule has 214 valence electrons. The number of anilines is 2. The van der Waals surface area contributed by atoms with Crippen LogP contribution in [0.15, 0.2) is 56.4 Å². The second-order valence-corrected chi connectivity index (χ2v) is 10.9. The summed E-state index contributed by atoms with van der Waals surface area (Å²) in [5.41, 5.74) is -2.29. The molecule has 0 saturated heterocycles. The molecule has 0 radical (unpaired) electrons. The van der Waals surface area contributed by atoms with E-state index >= 15 is 0 Å². The van der Waals surface area contributed by atoms with Gasteiger partial charge in [0.25, 0.3) is 25.9 Å². The number of phenolic OH excluding ortho intramolecular Hbond substituents is 2. The van der Waals surface area contributed by atoms with Crippen molar-refractivity contribution in [2.45, 2.75) is 9.79 Å². The lowest BCUT2D eigenvalue weighted by Gasteiger charge is -2.15. The topological polar surface area (TPSA) is 277 Å². The Morgan fingerprint density at radius 2 is 1.71 bits per heavy atom. The summed E-state index contributed by atoms with van der Waals surface area (Å²) >= 11 is 5.84. The lowest BCUT2D eigenvalue weighted by Crippen LogP contribution is -2.05. The van der Waals surface area contributed by atoms with Crippen LogP contribution >= 0.6 is 11.6 Å². The molecule has 0 spiro atoms. The van der Waals surface area contributed by atoms with Gasteiger partial charge in [0.05, 0.1) is 22.6 Å². The lowest BCUT2D eigenvalue weighted by molar-refractivity contribution is -0.384. The van der Waals surface area contributed by atoms with E-state index in [-0.39, 0.29) is 33.7 Å². The zero-order valence-electron chi connectivity index (χ0n) is 20.0. The van der Waals surface area contributed by atoms with Crippen LogP contribution in [-0.2, 0) is 20.2 Å². The van der Waals surface area contributed by atoms with Gasteiger partial charge in [-0.2, -0.15) is 31.8 Å². The summed E-state index contributed by atoms with van der Waals surface area (Å²) in [6, 6.07) is 4.70. The Bertz CT molecular complexity index is 1990. The Hall–Kier alpha value is -4.76. The molecule has 0 aliphatic carbocycles. The molecule has 41 heavy (non-hydrogen) atoms. The normalized spacial score (nSPS) is 12.1. The van der Waals surface area contributed by atoms with Crippen LogP contribution in [0.5, 0.6) is 17.5 Å². The fourth-order valence-corrected chi connectivity index (χ4v) is 4.76. The minimum atomic E-state index is -5.20. The molecule has 5 N–H and O–H groups in total. The Morgan fingerprint density at radius 1 is 1.00 bits per heavy atom. The van der Waals surface area contributed by atoms with Gasteiger partial charge in [0.1, 0.15) is 22.0 Å². The number of aromatic hydroxyl groups is 2. The SMILES string of the molecule is COc1nc(Cl)nc(Nc2cc(S(=O)(=O)O)cc3cc(S(=O)(=O)O)c(N=Nc4cc([N+](=O)[O-])ccc4O)c(O)c23)n1. The monoisotopic (exact) mass is 627 g/mol. The number of aromatic nitrogens is 3. The molecule has 0 unspecified atom stereocenters. The number of benzene rings is 3. The number of phenols is 2. The molecule has 18 nitrogen and oxygen atoms in total. The fraction of sp³-hybridized carbons (Fsp3) is 0.0500. The van der Waals surface area contributed by atoms with Crippen molar-refractivity contribution in [2.75, 3.05) is 12.4 Å². The molecule has 1 heterocycles. The number of azo groups is 1. The maximum Gasteiger partial charge on any atom is 0.322 e. The Balaban J connectivity index is 2.03. The third kappa shape index (κ3) is 6.20. The van der Waals surface area contributed by atoms with E-state index in [2.05, 4.69) is 30.5 Å². The first-order valence-corrected chi connectivity index (χ1v) is 13.7. The number of hydrogen-bond acceptors (Lipinski definition) is 15. The summed E-state index contributed by atoms with van der Waals surface area (Å²) in [5, 5.41) is 40.9. The molecule has 3 aromatic carbocycles. The first kappa shape index (κ1) is 29.2. The quantitative estimate of drug-likeness (QED) is 0.0806. The van der Waals surface area contributed by atoms with Gasteiger partial charge >= 0.3 is 6.01 Å². The molecule has 0 aliphatic heterocycles. The van der Waals surface area contributed by atoms with Gasteiger partial charge in [-0.25, -0.2) is 0 Å². The highest BCUT2D eigenvalue weighted by Crippen LogP contribution is 2.46. The summed E-state index contributed by atoms with van der Waals surface area (Å²) in [6.45, 7) is 0. The van der Waals surface area contributed by atoms with Gasteiger partial charge in [-0.3, -0.25) is 19.2 Å². The molecule has 1 aromatic heterocycles. The molecule has 0 aliphatic rings. The van der Waals surface area contributed by atoms with Crippen molar-refractivity contribution < 1.29 is 45.8 Å². The first-order chi connectivity index (χ1) is 19.1. The Labute approximate surface area is 233 Å². The first-order valence-electron chi connectivity index (χ1n) is 10.5. The third-order valence-corrected chi connectivity index (χ3v) is 7.01. The summed E-state index contributed by atoms with van der Waals surface area (Å²) in [4.78, 5) is 19.7. The van der Waals surface area contributed by atoms with Crippen molar-refractivity contribution in [3.63, 3.8) is 0 Å². The zero-order valence-corrected chi connectivity index (χ0v) is 22.4. The number of ether oxygens (including phenoxy) is 1. The predicted octanol–water partition coefficient (Wildman–Crippen LogP) is 3.66. The van der Waals surface area contributed by atoms with Gasteiger partial charge in [-0.05, 0) is 41.3 Å². The van der Waals surface area contributed by atoms with Gasteiger partial charge in [0.2, 0.25) is 11.2 Å². The van der Waals surface area contributed by atoms with E-state index in [1.54, 1.807) is 0 Å². The molecule has 0 atom stereocenters. The van der Waals surface area contributed by atoms with Gasteiger partial charge in [-0.15, -0.1) is 10.2 Å². The van der Waals surface area contributed by atoms with Crippen molar-refractivity contribution in [2.24, 2.45) is 10.2 Å². The van der Waals surface area contributed by atoms with Crippen LogP contribution in [0.4, 0.5) is 28.7 Å². The number of nitrogens with zero attached hydrogens (tertiary/aromatic N) is 6. The molecule has 4 rings (SSSR count). The van der Waals surface area contributed by atoms with Crippen molar-refractivity contribution >= 4 is 71.3 Å². The molecular formula is C20H14ClN7O11S2. The largest absolute Gasteiger partial charge is 0.506 e. The van der Waals surface area contributed by atoms with E-state index in [4.69, 9.17) is 16.3 Å². The average Bonchev–Trinajstić information content (AvgIpc) is 2.86. The van der Waals surface area contributed by atoms with Crippen LogP contribution in [0.25, 0.3) is 10.8 Å². The highest BCUT2D eigenvalue weighted by atomic mass is 35.5. The minimum Gasteiger partial charge on any atom is -0.506 e. The molecule has 0 saturated carbocycles. The summed E-state index contributed by atoms with van der Waals surface area (Å²) in [7, 11) is -8.92. The third-order valence-electron chi connectivity index (χ3n) is 5.14. The molecule has 4 aromatic rings. The highest BCUT2D eigenvalue weighted by Gasteiger charge is 2.26. The van der Waals surface area contributed by atoms with Crippen LogP contribution in [0.3, 0.4) is 0 Å². The van der Waals surface area contributed by atoms with E-state index in [1.807, 2.05) is 0 Å². The minimum absolute atomic E-state index is 0.271. The van der Waals surface area contributed by atoms with Crippen LogP contribution in [0.1, 0.15) is 0 Å².